The molecule has 1 unspecified atom stereocenters. The molecule has 2 aliphatic heterocycles. The van der Waals surface area contributed by atoms with Gasteiger partial charge in [-0.2, -0.15) is 0 Å². The van der Waals surface area contributed by atoms with Gasteiger partial charge in [0, 0.05) is 19.5 Å². The Hall–Kier alpha value is -2.95. The van der Waals surface area contributed by atoms with Crippen LogP contribution in [0.25, 0.3) is 0 Å². The van der Waals surface area contributed by atoms with Crippen molar-refractivity contribution in [3.8, 4) is 0 Å². The number of carbonyl (C=O) groups is 3. The van der Waals surface area contributed by atoms with E-state index >= 15 is 0 Å². The summed E-state index contributed by atoms with van der Waals surface area (Å²) in [6.07, 6.45) is 1.81. The van der Waals surface area contributed by atoms with Gasteiger partial charge in [0.2, 0.25) is 5.91 Å². The molecular formula is C21H20N2O3. The Labute approximate surface area is 152 Å². The van der Waals surface area contributed by atoms with Crippen LogP contribution >= 0.6 is 0 Å². The Morgan fingerprint density at radius 2 is 1.54 bits per heavy atom. The minimum atomic E-state index is -0.260. The summed E-state index contributed by atoms with van der Waals surface area (Å²) in [6, 6.07) is 17.0. The van der Waals surface area contributed by atoms with Crippen LogP contribution in [0.4, 0.5) is 0 Å². The number of rotatable bonds is 5. The molecule has 26 heavy (non-hydrogen) atoms. The van der Waals surface area contributed by atoms with E-state index in [0.29, 0.717) is 24.0 Å². The first-order valence-corrected chi connectivity index (χ1v) is 8.96. The summed E-state index contributed by atoms with van der Waals surface area (Å²) in [6.45, 7) is 1.05. The molecule has 1 atom stereocenters. The van der Waals surface area contributed by atoms with Gasteiger partial charge in [-0.05, 0) is 30.5 Å². The summed E-state index contributed by atoms with van der Waals surface area (Å²) in [7, 11) is 0. The first-order valence-electron chi connectivity index (χ1n) is 8.96. The summed E-state index contributed by atoms with van der Waals surface area (Å²) >= 11 is 0. The second-order valence-corrected chi connectivity index (χ2v) is 6.71. The fourth-order valence-electron chi connectivity index (χ4n) is 3.68. The Morgan fingerprint density at radius 1 is 0.923 bits per heavy atom. The number of hydrogen-bond acceptors (Lipinski definition) is 3. The minimum absolute atomic E-state index is 0.0849. The van der Waals surface area contributed by atoms with Crippen LogP contribution < -0.4 is 0 Å². The van der Waals surface area contributed by atoms with Gasteiger partial charge in [-0.15, -0.1) is 0 Å². The molecule has 2 aromatic carbocycles. The normalized spacial score (nSPS) is 18.7. The molecule has 2 aromatic rings. The van der Waals surface area contributed by atoms with Gasteiger partial charge in [0.25, 0.3) is 11.8 Å². The summed E-state index contributed by atoms with van der Waals surface area (Å²) < 4.78 is 0. The van der Waals surface area contributed by atoms with Crippen LogP contribution in [0.3, 0.4) is 0 Å². The van der Waals surface area contributed by atoms with Crippen molar-refractivity contribution in [2.24, 2.45) is 0 Å². The van der Waals surface area contributed by atoms with E-state index < -0.39 is 0 Å². The van der Waals surface area contributed by atoms with Crippen LogP contribution in [0.2, 0.25) is 0 Å². The number of hydrogen-bond donors (Lipinski definition) is 0. The van der Waals surface area contributed by atoms with Gasteiger partial charge in [-0.3, -0.25) is 19.3 Å². The van der Waals surface area contributed by atoms with Gasteiger partial charge in [-0.1, -0.05) is 42.5 Å². The predicted molar refractivity (Wildman–Crippen MR) is 96.6 cm³/mol. The monoisotopic (exact) mass is 348 g/mol. The van der Waals surface area contributed by atoms with Crippen LogP contribution in [0.15, 0.2) is 54.6 Å². The molecule has 2 heterocycles. The van der Waals surface area contributed by atoms with Crippen LogP contribution in [-0.4, -0.2) is 40.6 Å². The fourth-order valence-corrected chi connectivity index (χ4v) is 3.68. The molecule has 0 aliphatic carbocycles. The zero-order valence-corrected chi connectivity index (χ0v) is 14.4. The van der Waals surface area contributed by atoms with Crippen molar-refractivity contribution >= 4 is 17.7 Å². The van der Waals surface area contributed by atoms with E-state index in [-0.39, 0.29) is 30.3 Å². The number of likely N-dealkylation sites (tertiary alicyclic amines) is 1. The third kappa shape index (κ3) is 2.79. The van der Waals surface area contributed by atoms with Crippen molar-refractivity contribution in [3.63, 3.8) is 0 Å². The highest BCUT2D eigenvalue weighted by molar-refractivity contribution is 6.21. The highest BCUT2D eigenvalue weighted by Crippen LogP contribution is 2.33. The molecule has 1 fully saturated rings. The molecular weight excluding hydrogens is 328 g/mol. The largest absolute Gasteiger partial charge is 0.336 e. The van der Waals surface area contributed by atoms with E-state index in [9.17, 15) is 14.4 Å². The van der Waals surface area contributed by atoms with Crippen molar-refractivity contribution in [2.45, 2.75) is 25.3 Å². The van der Waals surface area contributed by atoms with Gasteiger partial charge in [-0.25, -0.2) is 0 Å². The summed E-state index contributed by atoms with van der Waals surface area (Å²) in [5.74, 6) is -0.435. The van der Waals surface area contributed by atoms with E-state index in [0.717, 1.165) is 18.5 Å². The lowest BCUT2D eigenvalue weighted by Crippen LogP contribution is -2.45. The van der Waals surface area contributed by atoms with Gasteiger partial charge >= 0.3 is 0 Å². The van der Waals surface area contributed by atoms with E-state index in [4.69, 9.17) is 0 Å². The molecule has 3 amide bonds. The van der Waals surface area contributed by atoms with E-state index in [1.807, 2.05) is 35.2 Å². The minimum Gasteiger partial charge on any atom is -0.336 e. The maximum atomic E-state index is 12.5. The first-order chi connectivity index (χ1) is 12.7. The smallest absolute Gasteiger partial charge is 0.261 e. The number of nitrogens with zero attached hydrogens (tertiary/aromatic N) is 2. The Bertz CT molecular complexity index is 828. The number of fused-ring (bicyclic) bond motifs is 1. The molecule has 132 valence electrons. The van der Waals surface area contributed by atoms with Crippen molar-refractivity contribution in [1.82, 2.24) is 9.80 Å². The SMILES string of the molecule is O=C1c2ccccc2C(=O)N1CCCC(=O)N1CCC1c1ccccc1. The summed E-state index contributed by atoms with van der Waals surface area (Å²) in [4.78, 5) is 40.3. The fraction of sp³-hybridized carbons (Fsp3) is 0.286. The zero-order valence-electron chi connectivity index (χ0n) is 14.4. The number of benzene rings is 2. The topological polar surface area (TPSA) is 57.7 Å². The molecule has 0 radical (unpaired) electrons. The lowest BCUT2D eigenvalue weighted by atomic mass is 9.94. The first kappa shape index (κ1) is 16.5. The summed E-state index contributed by atoms with van der Waals surface area (Å²) in [5.41, 5.74) is 2.07. The molecule has 5 heteroatoms. The lowest BCUT2D eigenvalue weighted by Gasteiger charge is -2.41. The quantitative estimate of drug-likeness (QED) is 0.781. The highest BCUT2D eigenvalue weighted by Gasteiger charge is 2.36. The second-order valence-electron chi connectivity index (χ2n) is 6.71. The summed E-state index contributed by atoms with van der Waals surface area (Å²) in [5, 5.41) is 0. The lowest BCUT2D eigenvalue weighted by molar-refractivity contribution is -0.139. The van der Waals surface area contributed by atoms with Crippen molar-refractivity contribution in [3.05, 3.63) is 71.3 Å². The van der Waals surface area contributed by atoms with Crippen molar-refractivity contribution in [2.75, 3.05) is 13.1 Å². The Kier molecular flexibility index (Phi) is 4.29. The molecule has 1 saturated heterocycles. The zero-order chi connectivity index (χ0) is 18.1. The van der Waals surface area contributed by atoms with Gasteiger partial charge in [0.05, 0.1) is 17.2 Å². The second kappa shape index (κ2) is 6.75. The molecule has 0 saturated carbocycles. The third-order valence-corrected chi connectivity index (χ3v) is 5.17. The molecule has 0 N–H and O–H groups in total. The predicted octanol–water partition coefficient (Wildman–Crippen LogP) is 3.04. The number of imide groups is 1. The van der Waals surface area contributed by atoms with E-state index in [1.54, 1.807) is 24.3 Å². The molecule has 0 spiro atoms. The van der Waals surface area contributed by atoms with Crippen LogP contribution in [0, 0.1) is 0 Å². The number of carbonyl (C=O) groups excluding carboxylic acids is 3. The molecule has 0 aromatic heterocycles. The maximum Gasteiger partial charge on any atom is 0.261 e. The molecule has 0 bridgehead atoms. The average Bonchev–Trinajstić information content (AvgIpc) is 2.87. The highest BCUT2D eigenvalue weighted by atomic mass is 16.2. The van der Waals surface area contributed by atoms with Crippen LogP contribution in [0.5, 0.6) is 0 Å². The maximum absolute atomic E-state index is 12.5. The van der Waals surface area contributed by atoms with Crippen LogP contribution in [-0.2, 0) is 4.79 Å². The molecule has 5 nitrogen and oxygen atoms in total. The molecule has 2 aliphatic rings. The van der Waals surface area contributed by atoms with E-state index in [2.05, 4.69) is 0 Å². The van der Waals surface area contributed by atoms with Gasteiger partial charge in [0.15, 0.2) is 0 Å². The standard InChI is InChI=1S/C21H20N2O3/c24-19(22-14-12-18(22)15-7-2-1-3-8-15)11-6-13-23-20(25)16-9-4-5-10-17(16)21(23)26/h1-5,7-10,18H,6,11-14H2. The van der Waals surface area contributed by atoms with Crippen molar-refractivity contribution in [1.29, 1.82) is 0 Å². The average molecular weight is 348 g/mol. The third-order valence-electron chi connectivity index (χ3n) is 5.17. The van der Waals surface area contributed by atoms with E-state index in [1.165, 1.54) is 4.90 Å². The van der Waals surface area contributed by atoms with Gasteiger partial charge < -0.3 is 4.90 Å². The molecule has 4 rings (SSSR count). The van der Waals surface area contributed by atoms with Crippen LogP contribution in [0.1, 0.15) is 51.6 Å². The number of amides is 3. The van der Waals surface area contributed by atoms with Gasteiger partial charge in [0.1, 0.15) is 0 Å². The Balaban J connectivity index is 1.32. The Morgan fingerprint density at radius 3 is 2.12 bits per heavy atom. The van der Waals surface area contributed by atoms with Crippen molar-refractivity contribution < 1.29 is 14.4 Å².